The first-order chi connectivity index (χ1) is 11.8. The fourth-order valence-electron chi connectivity index (χ4n) is 2.01. The van der Waals surface area contributed by atoms with Crippen LogP contribution < -0.4 is 21.7 Å². The smallest absolute Gasteiger partial charge is 0.322 e. The summed E-state index contributed by atoms with van der Waals surface area (Å²) in [7, 11) is 0. The van der Waals surface area contributed by atoms with Gasteiger partial charge in [-0.05, 0) is 12.5 Å². The molecule has 136 valence electrons. The number of carboxylic acid groups (broad SMARTS) is 1. The van der Waals surface area contributed by atoms with Crippen LogP contribution in [-0.2, 0) is 25.6 Å². The van der Waals surface area contributed by atoms with Crippen LogP contribution in [0.25, 0.3) is 0 Å². The number of carboxylic acids is 1. The molecule has 9 heteroatoms. The van der Waals surface area contributed by atoms with Crippen LogP contribution >= 0.6 is 0 Å². The predicted octanol–water partition coefficient (Wildman–Crippen LogP) is -1.62. The number of nitrogens with one attached hydrogen (secondary N) is 3. The summed E-state index contributed by atoms with van der Waals surface area (Å²) in [6, 6.07) is 7.08. The summed E-state index contributed by atoms with van der Waals surface area (Å²) < 4.78 is 0. The summed E-state index contributed by atoms with van der Waals surface area (Å²) in [5.74, 6) is -2.90. The molecule has 3 amide bonds. The molecule has 0 bridgehead atoms. The number of carbonyl (C=O) groups is 4. The first-order valence-corrected chi connectivity index (χ1v) is 7.66. The fraction of sp³-hybridized carbons (Fsp3) is 0.375. The highest BCUT2D eigenvalue weighted by atomic mass is 16.4. The average Bonchev–Trinajstić information content (AvgIpc) is 2.59. The van der Waals surface area contributed by atoms with E-state index in [9.17, 15) is 19.2 Å². The summed E-state index contributed by atoms with van der Waals surface area (Å²) in [6.07, 6.45) is 0.176. The van der Waals surface area contributed by atoms with Crippen molar-refractivity contribution in [2.75, 3.05) is 13.1 Å². The lowest BCUT2D eigenvalue weighted by Crippen LogP contribution is -2.54. The van der Waals surface area contributed by atoms with Crippen molar-refractivity contribution in [3.63, 3.8) is 0 Å². The zero-order chi connectivity index (χ0) is 18.8. The van der Waals surface area contributed by atoms with Crippen LogP contribution in [0, 0.1) is 0 Å². The van der Waals surface area contributed by atoms with Gasteiger partial charge in [0.2, 0.25) is 17.7 Å². The highest BCUT2D eigenvalue weighted by molar-refractivity contribution is 5.93. The maximum absolute atomic E-state index is 12.2. The Morgan fingerprint density at radius 1 is 1.08 bits per heavy atom. The number of hydrogen-bond donors (Lipinski definition) is 5. The number of benzene rings is 1. The largest absolute Gasteiger partial charge is 0.480 e. The Kier molecular flexibility index (Phi) is 8.07. The normalized spacial score (nSPS) is 12.6. The van der Waals surface area contributed by atoms with Crippen LogP contribution in [0.4, 0.5) is 0 Å². The maximum atomic E-state index is 12.2. The minimum Gasteiger partial charge on any atom is -0.480 e. The van der Waals surface area contributed by atoms with Crippen LogP contribution in [0.1, 0.15) is 12.5 Å². The van der Waals surface area contributed by atoms with Crippen molar-refractivity contribution >= 4 is 23.7 Å². The first kappa shape index (κ1) is 20.1. The second-order valence-corrected chi connectivity index (χ2v) is 5.36. The molecule has 0 fully saturated rings. The summed E-state index contributed by atoms with van der Waals surface area (Å²) >= 11 is 0. The van der Waals surface area contributed by atoms with Gasteiger partial charge in [0.1, 0.15) is 18.6 Å². The Morgan fingerprint density at radius 2 is 1.72 bits per heavy atom. The SMILES string of the molecule is C[C@H](NC(=O)CN)C(=O)N[C@@H](Cc1ccccc1)C(=O)NCC(=O)O. The van der Waals surface area contributed by atoms with Gasteiger partial charge in [-0.3, -0.25) is 19.2 Å². The van der Waals surface area contributed by atoms with E-state index in [1.54, 1.807) is 24.3 Å². The molecule has 0 radical (unpaired) electrons. The van der Waals surface area contributed by atoms with Crippen LogP contribution in [-0.4, -0.2) is 54.0 Å². The molecule has 6 N–H and O–H groups in total. The maximum Gasteiger partial charge on any atom is 0.322 e. The minimum absolute atomic E-state index is 0.176. The van der Waals surface area contributed by atoms with E-state index in [1.807, 2.05) is 6.07 Å². The minimum atomic E-state index is -1.19. The van der Waals surface area contributed by atoms with Gasteiger partial charge in [-0.15, -0.1) is 0 Å². The quantitative estimate of drug-likeness (QED) is 0.361. The molecule has 1 rings (SSSR count). The number of hydrogen-bond acceptors (Lipinski definition) is 5. The van der Waals surface area contributed by atoms with E-state index < -0.39 is 42.3 Å². The molecule has 25 heavy (non-hydrogen) atoms. The van der Waals surface area contributed by atoms with Crippen molar-refractivity contribution in [2.45, 2.75) is 25.4 Å². The topological polar surface area (TPSA) is 151 Å². The Bertz CT molecular complexity index is 620. The third kappa shape index (κ3) is 7.44. The van der Waals surface area contributed by atoms with Gasteiger partial charge in [-0.2, -0.15) is 0 Å². The van der Waals surface area contributed by atoms with Gasteiger partial charge in [0.05, 0.1) is 6.54 Å². The molecular weight excluding hydrogens is 328 g/mol. The van der Waals surface area contributed by atoms with Crippen molar-refractivity contribution < 1.29 is 24.3 Å². The van der Waals surface area contributed by atoms with E-state index in [1.165, 1.54) is 6.92 Å². The predicted molar refractivity (Wildman–Crippen MR) is 89.4 cm³/mol. The lowest BCUT2D eigenvalue weighted by atomic mass is 10.0. The van der Waals surface area contributed by atoms with Crippen molar-refractivity contribution in [3.05, 3.63) is 35.9 Å². The molecule has 0 heterocycles. The van der Waals surface area contributed by atoms with Crippen LogP contribution in [0.5, 0.6) is 0 Å². The first-order valence-electron chi connectivity index (χ1n) is 7.66. The number of amides is 3. The Morgan fingerprint density at radius 3 is 2.28 bits per heavy atom. The molecule has 0 saturated carbocycles. The summed E-state index contributed by atoms with van der Waals surface area (Å²) in [6.45, 7) is 0.640. The molecule has 0 spiro atoms. The van der Waals surface area contributed by atoms with Gasteiger partial charge in [0, 0.05) is 6.42 Å². The molecule has 0 aromatic heterocycles. The molecule has 1 aromatic carbocycles. The highest BCUT2D eigenvalue weighted by Gasteiger charge is 2.24. The van der Waals surface area contributed by atoms with Gasteiger partial charge in [-0.25, -0.2) is 0 Å². The van der Waals surface area contributed by atoms with E-state index in [0.29, 0.717) is 0 Å². The molecule has 0 aliphatic rings. The van der Waals surface area contributed by atoms with E-state index in [-0.39, 0.29) is 13.0 Å². The van der Waals surface area contributed by atoms with Gasteiger partial charge in [0.25, 0.3) is 0 Å². The van der Waals surface area contributed by atoms with Gasteiger partial charge in [0.15, 0.2) is 0 Å². The molecule has 0 aliphatic carbocycles. The van der Waals surface area contributed by atoms with Crippen molar-refractivity contribution in [1.29, 1.82) is 0 Å². The lowest BCUT2D eigenvalue weighted by Gasteiger charge is -2.21. The molecule has 9 nitrogen and oxygen atoms in total. The third-order valence-corrected chi connectivity index (χ3v) is 3.29. The van der Waals surface area contributed by atoms with Gasteiger partial charge < -0.3 is 26.8 Å². The Balaban J connectivity index is 2.78. The molecule has 0 saturated heterocycles. The van der Waals surface area contributed by atoms with E-state index in [2.05, 4.69) is 16.0 Å². The van der Waals surface area contributed by atoms with E-state index >= 15 is 0 Å². The number of aliphatic carboxylic acids is 1. The third-order valence-electron chi connectivity index (χ3n) is 3.29. The average molecular weight is 350 g/mol. The number of nitrogens with two attached hydrogens (primary N) is 1. The van der Waals surface area contributed by atoms with E-state index in [0.717, 1.165) is 5.56 Å². The zero-order valence-electron chi connectivity index (χ0n) is 13.8. The zero-order valence-corrected chi connectivity index (χ0v) is 13.8. The van der Waals surface area contributed by atoms with Crippen molar-refractivity contribution in [1.82, 2.24) is 16.0 Å². The number of carbonyl (C=O) groups excluding carboxylic acids is 3. The second-order valence-electron chi connectivity index (χ2n) is 5.36. The Labute approximate surface area is 145 Å². The van der Waals surface area contributed by atoms with Crippen LogP contribution in [0.2, 0.25) is 0 Å². The molecule has 2 atom stereocenters. The summed E-state index contributed by atoms with van der Waals surface area (Å²) in [5.41, 5.74) is 5.97. The second kappa shape index (κ2) is 10.0. The molecule has 0 unspecified atom stereocenters. The summed E-state index contributed by atoms with van der Waals surface area (Å²) in [4.78, 5) is 46.2. The fourth-order valence-corrected chi connectivity index (χ4v) is 2.01. The molecular formula is C16H22N4O5. The molecule has 1 aromatic rings. The molecule has 0 aliphatic heterocycles. The monoisotopic (exact) mass is 350 g/mol. The van der Waals surface area contributed by atoms with E-state index in [4.69, 9.17) is 10.8 Å². The highest BCUT2D eigenvalue weighted by Crippen LogP contribution is 2.04. The van der Waals surface area contributed by atoms with Crippen LogP contribution in [0.3, 0.4) is 0 Å². The number of rotatable bonds is 9. The van der Waals surface area contributed by atoms with Gasteiger partial charge in [-0.1, -0.05) is 30.3 Å². The standard InChI is InChI=1S/C16H22N4O5/c1-10(19-13(21)8-17)15(24)20-12(16(25)18-9-14(22)23)7-11-5-3-2-4-6-11/h2-6,10,12H,7-9,17H2,1H3,(H,18,25)(H,19,21)(H,20,24)(H,22,23)/t10-,12-/m0/s1. The van der Waals surface area contributed by atoms with Crippen molar-refractivity contribution in [3.8, 4) is 0 Å². The van der Waals surface area contributed by atoms with Gasteiger partial charge >= 0.3 is 5.97 Å². The van der Waals surface area contributed by atoms with Crippen LogP contribution in [0.15, 0.2) is 30.3 Å². The lowest BCUT2D eigenvalue weighted by molar-refractivity contribution is -0.138. The van der Waals surface area contributed by atoms with Crippen molar-refractivity contribution in [2.24, 2.45) is 5.73 Å². The summed E-state index contributed by atoms with van der Waals surface area (Å²) in [5, 5.41) is 15.8. The Hall–Kier alpha value is -2.94.